The topological polar surface area (TPSA) is 95.9 Å². The van der Waals surface area contributed by atoms with Crippen LogP contribution in [0.25, 0.3) is 11.1 Å². The number of fused-ring (bicyclic) bond motifs is 3. The number of amides is 2. The number of nitrogens with one attached hydrogen (secondary N) is 1. The van der Waals surface area contributed by atoms with E-state index in [4.69, 9.17) is 4.74 Å². The lowest BCUT2D eigenvalue weighted by Gasteiger charge is -2.32. The van der Waals surface area contributed by atoms with Crippen molar-refractivity contribution in [3.63, 3.8) is 0 Å². The van der Waals surface area contributed by atoms with E-state index in [1.165, 1.54) is 16.0 Å². The van der Waals surface area contributed by atoms with Gasteiger partial charge in [0, 0.05) is 18.0 Å². The normalized spacial score (nSPS) is 21.4. The first-order valence-electron chi connectivity index (χ1n) is 12.7. The number of aliphatic carboxylic acids is 1. The number of rotatable bonds is 7. The smallest absolute Gasteiger partial charge is 0.407 e. The van der Waals surface area contributed by atoms with Crippen LogP contribution in [0.15, 0.2) is 48.5 Å². The van der Waals surface area contributed by atoms with Gasteiger partial charge < -0.3 is 20.1 Å². The summed E-state index contributed by atoms with van der Waals surface area (Å²) in [5.41, 5.74) is 4.64. The Morgan fingerprint density at radius 2 is 1.51 bits per heavy atom. The molecule has 35 heavy (non-hydrogen) atoms. The number of ether oxygens (including phenoxy) is 1. The van der Waals surface area contributed by atoms with Gasteiger partial charge in [0.25, 0.3) is 0 Å². The van der Waals surface area contributed by atoms with Gasteiger partial charge in [-0.15, -0.1) is 0 Å². The van der Waals surface area contributed by atoms with E-state index in [-0.39, 0.29) is 37.1 Å². The van der Waals surface area contributed by atoms with Gasteiger partial charge in [-0.2, -0.15) is 0 Å². The maximum Gasteiger partial charge on any atom is 0.407 e. The Kier molecular flexibility index (Phi) is 6.75. The van der Waals surface area contributed by atoms with Gasteiger partial charge in [0.2, 0.25) is 5.91 Å². The molecule has 0 aromatic heterocycles. The second-order valence-electron chi connectivity index (χ2n) is 9.91. The summed E-state index contributed by atoms with van der Waals surface area (Å²) in [6, 6.07) is 16.0. The molecule has 2 N–H and O–H groups in total. The minimum atomic E-state index is -0.996. The number of nitrogens with zero attached hydrogens (tertiary/aromatic N) is 1. The van der Waals surface area contributed by atoms with Crippen LogP contribution in [0.4, 0.5) is 4.79 Å². The Morgan fingerprint density at radius 1 is 0.886 bits per heavy atom. The van der Waals surface area contributed by atoms with E-state index >= 15 is 0 Å². The molecule has 0 heterocycles. The summed E-state index contributed by atoms with van der Waals surface area (Å²) in [5, 5.41) is 12.3. The molecule has 184 valence electrons. The molecule has 3 aliphatic rings. The fourth-order valence-electron chi connectivity index (χ4n) is 6.18. The first-order valence-corrected chi connectivity index (χ1v) is 12.7. The molecule has 5 rings (SSSR count). The third-order valence-electron chi connectivity index (χ3n) is 7.83. The Labute approximate surface area is 205 Å². The van der Waals surface area contributed by atoms with Crippen LogP contribution in [0.5, 0.6) is 0 Å². The highest BCUT2D eigenvalue weighted by Gasteiger charge is 2.40. The summed E-state index contributed by atoms with van der Waals surface area (Å²) < 4.78 is 5.69. The summed E-state index contributed by atoms with van der Waals surface area (Å²) in [5.74, 6) is -1.58. The number of benzene rings is 2. The zero-order valence-corrected chi connectivity index (χ0v) is 19.8. The van der Waals surface area contributed by atoms with E-state index in [0.29, 0.717) is 12.8 Å². The fourth-order valence-corrected chi connectivity index (χ4v) is 6.18. The van der Waals surface area contributed by atoms with Crippen molar-refractivity contribution < 1.29 is 24.2 Å². The molecule has 2 aromatic carbocycles. The van der Waals surface area contributed by atoms with Crippen molar-refractivity contribution in [1.29, 1.82) is 0 Å². The molecule has 2 amide bonds. The molecule has 2 fully saturated rings. The first kappa shape index (κ1) is 23.4. The molecule has 2 aromatic rings. The van der Waals surface area contributed by atoms with Crippen LogP contribution in [0.3, 0.4) is 0 Å². The number of carboxylic acids is 1. The average molecular weight is 477 g/mol. The summed E-state index contributed by atoms with van der Waals surface area (Å²) >= 11 is 0. The minimum Gasteiger partial charge on any atom is -0.480 e. The van der Waals surface area contributed by atoms with E-state index in [2.05, 4.69) is 29.6 Å². The number of carbonyl (C=O) groups excluding carboxylic acids is 2. The highest BCUT2D eigenvalue weighted by molar-refractivity contribution is 5.85. The molecule has 0 radical (unpaired) electrons. The van der Waals surface area contributed by atoms with Crippen LogP contribution in [0, 0.1) is 5.92 Å². The zero-order valence-electron chi connectivity index (χ0n) is 19.8. The molecule has 0 unspecified atom stereocenters. The summed E-state index contributed by atoms with van der Waals surface area (Å²) in [4.78, 5) is 39.2. The van der Waals surface area contributed by atoms with Gasteiger partial charge in [-0.05, 0) is 47.9 Å². The van der Waals surface area contributed by atoms with Gasteiger partial charge in [0.1, 0.15) is 13.2 Å². The fraction of sp³-hybridized carbons (Fsp3) is 0.464. The van der Waals surface area contributed by atoms with Crippen LogP contribution >= 0.6 is 0 Å². The summed E-state index contributed by atoms with van der Waals surface area (Å²) in [6.45, 7) is -0.0595. The molecular weight excluding hydrogens is 444 g/mol. The third kappa shape index (κ3) is 4.77. The molecule has 0 spiro atoms. The molecule has 2 saturated carbocycles. The van der Waals surface area contributed by atoms with E-state index in [1.807, 2.05) is 24.3 Å². The quantitative estimate of drug-likeness (QED) is 0.611. The van der Waals surface area contributed by atoms with Gasteiger partial charge in [0.05, 0.1) is 5.92 Å². The predicted molar refractivity (Wildman–Crippen MR) is 131 cm³/mol. The number of hydrogen-bond acceptors (Lipinski definition) is 4. The maximum atomic E-state index is 13.4. The summed E-state index contributed by atoms with van der Waals surface area (Å²) in [7, 11) is 0. The Morgan fingerprint density at radius 3 is 2.14 bits per heavy atom. The lowest BCUT2D eigenvalue weighted by molar-refractivity contribution is -0.148. The highest BCUT2D eigenvalue weighted by atomic mass is 16.5. The lowest BCUT2D eigenvalue weighted by atomic mass is 9.98. The standard InChI is InChI=1S/C28H32N2O5/c31-26(32)16-30(18-8-1-2-9-18)27(33)23-14-7-15-25(23)29-28(34)35-17-24-21-12-5-3-10-19(21)20-11-4-6-13-22(20)24/h3-6,10-13,18,23-25H,1-2,7-9,14-17H2,(H,29,34)(H,31,32)/t23-,25+/m0/s1. The molecule has 7 heteroatoms. The number of carbonyl (C=O) groups is 3. The largest absolute Gasteiger partial charge is 0.480 e. The SMILES string of the molecule is O=C(O)CN(C(=O)[C@H]1CCC[C@H]1NC(=O)OCC1c2ccccc2-c2ccccc21)C1CCCC1. The first-order chi connectivity index (χ1) is 17.0. The Hall–Kier alpha value is -3.35. The average Bonchev–Trinajstić information content (AvgIpc) is 3.60. The van der Waals surface area contributed by atoms with Gasteiger partial charge in [-0.1, -0.05) is 67.8 Å². The molecule has 0 saturated heterocycles. The minimum absolute atomic E-state index is 0.0192. The van der Waals surface area contributed by atoms with Crippen LogP contribution in [-0.4, -0.2) is 53.2 Å². The van der Waals surface area contributed by atoms with Crippen molar-refractivity contribution in [2.45, 2.75) is 62.9 Å². The molecule has 0 bridgehead atoms. The van der Waals surface area contributed by atoms with Crippen LogP contribution in [0.2, 0.25) is 0 Å². The van der Waals surface area contributed by atoms with Gasteiger partial charge >= 0.3 is 12.1 Å². The van der Waals surface area contributed by atoms with Crippen molar-refractivity contribution in [2.75, 3.05) is 13.2 Å². The van der Waals surface area contributed by atoms with Crippen LogP contribution in [-0.2, 0) is 14.3 Å². The second-order valence-corrected chi connectivity index (χ2v) is 9.91. The Balaban J connectivity index is 1.23. The molecule has 0 aliphatic heterocycles. The highest BCUT2D eigenvalue weighted by Crippen LogP contribution is 2.44. The van der Waals surface area contributed by atoms with Crippen LogP contribution in [0.1, 0.15) is 62.0 Å². The second kappa shape index (κ2) is 10.1. The lowest BCUT2D eigenvalue weighted by Crippen LogP contribution is -2.50. The van der Waals surface area contributed by atoms with E-state index in [1.54, 1.807) is 0 Å². The van der Waals surface area contributed by atoms with Crippen LogP contribution < -0.4 is 5.32 Å². The van der Waals surface area contributed by atoms with Gasteiger partial charge in [0.15, 0.2) is 0 Å². The zero-order chi connectivity index (χ0) is 24.4. The van der Waals surface area contributed by atoms with Gasteiger partial charge in [-0.25, -0.2) is 4.79 Å². The van der Waals surface area contributed by atoms with Crippen molar-refractivity contribution in [1.82, 2.24) is 10.2 Å². The third-order valence-corrected chi connectivity index (χ3v) is 7.83. The summed E-state index contributed by atoms with van der Waals surface area (Å²) in [6.07, 6.45) is 5.34. The molecular formula is C28H32N2O5. The molecule has 7 nitrogen and oxygen atoms in total. The van der Waals surface area contributed by atoms with Crippen molar-refractivity contribution in [3.8, 4) is 11.1 Å². The van der Waals surface area contributed by atoms with Crippen molar-refractivity contribution in [3.05, 3.63) is 59.7 Å². The van der Waals surface area contributed by atoms with E-state index < -0.39 is 18.0 Å². The van der Waals surface area contributed by atoms with Crippen molar-refractivity contribution >= 4 is 18.0 Å². The Bertz CT molecular complexity index is 1060. The van der Waals surface area contributed by atoms with Crippen molar-refractivity contribution in [2.24, 2.45) is 5.92 Å². The number of hydrogen-bond donors (Lipinski definition) is 2. The van der Waals surface area contributed by atoms with Gasteiger partial charge in [-0.3, -0.25) is 9.59 Å². The number of carboxylic acid groups (broad SMARTS) is 1. The van der Waals surface area contributed by atoms with E-state index in [9.17, 15) is 19.5 Å². The maximum absolute atomic E-state index is 13.4. The molecule has 3 aliphatic carbocycles. The van der Waals surface area contributed by atoms with E-state index in [0.717, 1.165) is 43.2 Å². The monoisotopic (exact) mass is 476 g/mol. The molecule has 2 atom stereocenters. The predicted octanol–water partition coefficient (Wildman–Crippen LogP) is 4.55. The number of alkyl carbamates (subject to hydrolysis) is 1.